The number of benzene rings is 2. The number of sulfonamides is 1. The molecule has 0 atom stereocenters. The van der Waals surface area contributed by atoms with Gasteiger partial charge in [-0.25, -0.2) is 17.5 Å². The summed E-state index contributed by atoms with van der Waals surface area (Å²) in [6, 6.07) is 8.55. The van der Waals surface area contributed by atoms with Gasteiger partial charge in [-0.2, -0.15) is 8.78 Å². The number of carbonyl (C=O) groups excluding carboxylic acids is 1. The SMILES string of the molecule is COc1ccc(CNC(=O)CCNS(=O)(=O)c2ccc(F)cc2)cc1OC(F)F. The molecule has 2 aromatic rings. The van der Waals surface area contributed by atoms with E-state index in [-0.39, 0.29) is 35.9 Å². The van der Waals surface area contributed by atoms with Gasteiger partial charge in [-0.15, -0.1) is 0 Å². The zero-order valence-electron chi connectivity index (χ0n) is 15.3. The molecule has 0 aliphatic carbocycles. The minimum absolute atomic E-state index is 0.0210. The van der Waals surface area contributed by atoms with Crippen LogP contribution in [0.2, 0.25) is 0 Å². The lowest BCUT2D eigenvalue weighted by Crippen LogP contribution is -2.30. The number of alkyl halides is 2. The van der Waals surface area contributed by atoms with Gasteiger partial charge in [0.2, 0.25) is 15.9 Å². The Labute approximate surface area is 165 Å². The van der Waals surface area contributed by atoms with Crippen molar-refractivity contribution in [3.05, 3.63) is 53.8 Å². The Bertz CT molecular complexity index is 937. The number of halogens is 3. The smallest absolute Gasteiger partial charge is 0.387 e. The molecule has 2 N–H and O–H groups in total. The lowest BCUT2D eigenvalue weighted by atomic mass is 10.2. The second kappa shape index (κ2) is 10.1. The van der Waals surface area contributed by atoms with E-state index >= 15 is 0 Å². The topological polar surface area (TPSA) is 93.7 Å². The molecule has 0 aliphatic heterocycles. The van der Waals surface area contributed by atoms with E-state index in [1.54, 1.807) is 6.07 Å². The first-order valence-electron chi connectivity index (χ1n) is 8.35. The molecule has 0 spiro atoms. The quantitative estimate of drug-likeness (QED) is 0.602. The highest BCUT2D eigenvalue weighted by atomic mass is 32.2. The largest absolute Gasteiger partial charge is 0.493 e. The van der Waals surface area contributed by atoms with Gasteiger partial charge in [0.05, 0.1) is 12.0 Å². The van der Waals surface area contributed by atoms with Crippen molar-refractivity contribution in [2.75, 3.05) is 13.7 Å². The number of carbonyl (C=O) groups is 1. The van der Waals surface area contributed by atoms with Crippen molar-refractivity contribution in [2.45, 2.75) is 24.5 Å². The normalized spacial score (nSPS) is 11.3. The Balaban J connectivity index is 1.85. The lowest BCUT2D eigenvalue weighted by Gasteiger charge is -2.12. The fourth-order valence-corrected chi connectivity index (χ4v) is 3.34. The van der Waals surface area contributed by atoms with E-state index in [1.807, 2.05) is 0 Å². The highest BCUT2D eigenvalue weighted by molar-refractivity contribution is 7.89. The second-order valence-corrected chi connectivity index (χ2v) is 7.51. The molecule has 0 unspecified atom stereocenters. The van der Waals surface area contributed by atoms with Gasteiger partial charge in [-0.3, -0.25) is 4.79 Å². The maximum atomic E-state index is 12.9. The summed E-state index contributed by atoms with van der Waals surface area (Å²) in [4.78, 5) is 11.8. The Hall–Kier alpha value is -2.79. The first-order valence-corrected chi connectivity index (χ1v) is 9.83. The Morgan fingerprint density at radius 3 is 2.41 bits per heavy atom. The molecule has 0 saturated heterocycles. The summed E-state index contributed by atoms with van der Waals surface area (Å²) >= 11 is 0. The molecule has 0 aromatic heterocycles. The Kier molecular flexibility index (Phi) is 7.85. The van der Waals surface area contributed by atoms with Crippen LogP contribution in [0.1, 0.15) is 12.0 Å². The fourth-order valence-electron chi connectivity index (χ4n) is 2.30. The maximum Gasteiger partial charge on any atom is 0.387 e. The molecule has 7 nitrogen and oxygen atoms in total. The molecule has 0 bridgehead atoms. The van der Waals surface area contributed by atoms with Crippen LogP contribution in [0.3, 0.4) is 0 Å². The number of methoxy groups -OCH3 is 1. The molecule has 29 heavy (non-hydrogen) atoms. The minimum Gasteiger partial charge on any atom is -0.493 e. The summed E-state index contributed by atoms with van der Waals surface area (Å²) < 4.78 is 73.3. The Morgan fingerprint density at radius 2 is 1.79 bits per heavy atom. The predicted molar refractivity (Wildman–Crippen MR) is 97.7 cm³/mol. The van der Waals surface area contributed by atoms with Crippen molar-refractivity contribution < 1.29 is 35.9 Å². The zero-order chi connectivity index (χ0) is 21.4. The van der Waals surface area contributed by atoms with Crippen molar-refractivity contribution in [2.24, 2.45) is 0 Å². The zero-order valence-corrected chi connectivity index (χ0v) is 16.1. The predicted octanol–water partition coefficient (Wildman–Crippen LogP) is 2.42. The molecule has 2 aromatic carbocycles. The van der Waals surface area contributed by atoms with E-state index in [2.05, 4.69) is 14.8 Å². The summed E-state index contributed by atoms with van der Waals surface area (Å²) in [6.45, 7) is -3.18. The van der Waals surface area contributed by atoms with Gasteiger partial charge in [-0.1, -0.05) is 6.07 Å². The molecule has 2 rings (SSSR count). The molecule has 0 saturated carbocycles. The van der Waals surface area contributed by atoms with Crippen LogP contribution >= 0.6 is 0 Å². The van der Waals surface area contributed by atoms with Gasteiger partial charge in [0, 0.05) is 19.5 Å². The van der Waals surface area contributed by atoms with Crippen LogP contribution in [0, 0.1) is 5.82 Å². The van der Waals surface area contributed by atoms with Crippen molar-refractivity contribution in [3.8, 4) is 11.5 Å². The van der Waals surface area contributed by atoms with Crippen LogP contribution in [0.25, 0.3) is 0 Å². The molecule has 11 heteroatoms. The highest BCUT2D eigenvalue weighted by Gasteiger charge is 2.15. The van der Waals surface area contributed by atoms with Crippen LogP contribution in [-0.4, -0.2) is 34.6 Å². The average molecular weight is 432 g/mol. The van der Waals surface area contributed by atoms with Crippen LogP contribution in [0.4, 0.5) is 13.2 Å². The monoisotopic (exact) mass is 432 g/mol. The average Bonchev–Trinajstić information content (AvgIpc) is 2.66. The van der Waals surface area contributed by atoms with Crippen molar-refractivity contribution in [3.63, 3.8) is 0 Å². The van der Waals surface area contributed by atoms with Crippen LogP contribution in [-0.2, 0) is 21.4 Å². The number of amides is 1. The third-order valence-corrected chi connectivity index (χ3v) is 5.18. The first-order chi connectivity index (χ1) is 13.7. The molecule has 0 aliphatic rings. The number of ether oxygens (including phenoxy) is 2. The summed E-state index contributed by atoms with van der Waals surface area (Å²) in [5.74, 6) is -1.07. The minimum atomic E-state index is -3.86. The van der Waals surface area contributed by atoms with E-state index < -0.39 is 28.4 Å². The van der Waals surface area contributed by atoms with E-state index in [0.717, 1.165) is 24.3 Å². The summed E-state index contributed by atoms with van der Waals surface area (Å²) in [7, 11) is -2.56. The fraction of sp³-hybridized carbons (Fsp3) is 0.278. The molecular formula is C18H19F3N2O5S. The van der Waals surface area contributed by atoms with Crippen molar-refractivity contribution in [1.82, 2.24) is 10.0 Å². The molecular weight excluding hydrogens is 413 g/mol. The summed E-state index contributed by atoms with van der Waals surface area (Å²) in [5.41, 5.74) is 0.488. The van der Waals surface area contributed by atoms with E-state index in [1.165, 1.54) is 19.2 Å². The van der Waals surface area contributed by atoms with Gasteiger partial charge in [0.15, 0.2) is 11.5 Å². The second-order valence-electron chi connectivity index (χ2n) is 5.74. The lowest BCUT2D eigenvalue weighted by molar-refractivity contribution is -0.121. The van der Waals surface area contributed by atoms with Gasteiger partial charge in [0.25, 0.3) is 0 Å². The molecule has 158 valence electrons. The molecule has 1 amide bonds. The maximum absolute atomic E-state index is 12.9. The van der Waals surface area contributed by atoms with E-state index in [9.17, 15) is 26.4 Å². The summed E-state index contributed by atoms with van der Waals surface area (Å²) in [6.07, 6.45) is -0.156. The van der Waals surface area contributed by atoms with Crippen molar-refractivity contribution >= 4 is 15.9 Å². The van der Waals surface area contributed by atoms with Crippen LogP contribution in [0.5, 0.6) is 11.5 Å². The van der Waals surface area contributed by atoms with E-state index in [0.29, 0.717) is 5.56 Å². The molecule has 0 fully saturated rings. The first kappa shape index (κ1) is 22.5. The summed E-state index contributed by atoms with van der Waals surface area (Å²) in [5, 5.41) is 2.54. The number of hydrogen-bond acceptors (Lipinski definition) is 5. The van der Waals surface area contributed by atoms with E-state index in [4.69, 9.17) is 4.74 Å². The molecule has 0 heterocycles. The number of nitrogens with one attached hydrogen (secondary N) is 2. The molecule has 0 radical (unpaired) electrons. The van der Waals surface area contributed by atoms with Crippen LogP contribution in [0.15, 0.2) is 47.4 Å². The van der Waals surface area contributed by atoms with Gasteiger partial charge in [0.1, 0.15) is 5.82 Å². The highest BCUT2D eigenvalue weighted by Crippen LogP contribution is 2.29. The number of hydrogen-bond donors (Lipinski definition) is 2. The Morgan fingerprint density at radius 1 is 1.10 bits per heavy atom. The van der Waals surface area contributed by atoms with Gasteiger partial charge >= 0.3 is 6.61 Å². The third-order valence-electron chi connectivity index (χ3n) is 3.70. The number of rotatable bonds is 10. The standard InChI is InChI=1S/C18H19F3N2O5S/c1-27-15-7-2-12(10-16(15)28-18(20)21)11-22-17(24)8-9-23-29(25,26)14-5-3-13(19)4-6-14/h2-7,10,18,23H,8-9,11H2,1H3,(H,22,24). The van der Waals surface area contributed by atoms with Crippen molar-refractivity contribution in [1.29, 1.82) is 0 Å². The van der Waals surface area contributed by atoms with Crippen LogP contribution < -0.4 is 19.5 Å². The van der Waals surface area contributed by atoms with Gasteiger partial charge < -0.3 is 14.8 Å². The van der Waals surface area contributed by atoms with Gasteiger partial charge in [-0.05, 0) is 42.0 Å². The third kappa shape index (κ3) is 6.95.